The van der Waals surface area contributed by atoms with E-state index in [-0.39, 0.29) is 0 Å². The van der Waals surface area contributed by atoms with Gasteiger partial charge in [-0.2, -0.15) is 10.1 Å². The highest BCUT2D eigenvalue weighted by Gasteiger charge is 2.12. The first-order valence-electron chi connectivity index (χ1n) is 8.10. The van der Waals surface area contributed by atoms with Gasteiger partial charge >= 0.3 is 5.97 Å². The summed E-state index contributed by atoms with van der Waals surface area (Å²) in [7, 11) is 1.35. The van der Waals surface area contributed by atoms with E-state index in [0.29, 0.717) is 29.6 Å². The van der Waals surface area contributed by atoms with Crippen molar-refractivity contribution in [1.82, 2.24) is 15.2 Å². The molecule has 0 saturated heterocycles. The molecule has 7 nitrogen and oxygen atoms in total. The number of aromatic nitrogens is 3. The molecule has 132 valence electrons. The summed E-state index contributed by atoms with van der Waals surface area (Å²) in [5, 5.41) is 14.2. The number of esters is 1. The van der Waals surface area contributed by atoms with Crippen molar-refractivity contribution in [2.45, 2.75) is 13.5 Å². The topological polar surface area (TPSA) is 89.0 Å². The zero-order valence-electron chi connectivity index (χ0n) is 14.6. The van der Waals surface area contributed by atoms with Crippen LogP contribution >= 0.6 is 0 Å². The molecule has 0 aliphatic heterocycles. The van der Waals surface area contributed by atoms with E-state index < -0.39 is 5.97 Å². The number of anilines is 3. The standard InChI is InChI=1S/C19H19N5O2/c1-13-7-3-4-8-14(13)11-20-19-23-17(12-21-24-19)22-16-10-6-5-9-15(16)18(25)26-2/h3-10,12H,11H2,1-2H3,(H2,20,22,23,24). The molecule has 0 amide bonds. The lowest BCUT2D eigenvalue weighted by atomic mass is 10.1. The average molecular weight is 349 g/mol. The van der Waals surface area contributed by atoms with Gasteiger partial charge in [-0.15, -0.1) is 5.10 Å². The van der Waals surface area contributed by atoms with Gasteiger partial charge < -0.3 is 15.4 Å². The van der Waals surface area contributed by atoms with E-state index in [4.69, 9.17) is 4.74 Å². The molecule has 1 heterocycles. The number of carbonyl (C=O) groups excluding carboxylic acids is 1. The molecule has 3 aromatic rings. The van der Waals surface area contributed by atoms with Crippen LogP contribution in [0.5, 0.6) is 0 Å². The molecule has 0 saturated carbocycles. The largest absolute Gasteiger partial charge is 0.465 e. The number of ether oxygens (including phenoxy) is 1. The molecule has 0 radical (unpaired) electrons. The second-order valence-electron chi connectivity index (χ2n) is 5.61. The van der Waals surface area contributed by atoms with Gasteiger partial charge in [0.1, 0.15) is 0 Å². The van der Waals surface area contributed by atoms with Crippen LogP contribution in [0, 0.1) is 6.92 Å². The van der Waals surface area contributed by atoms with Crippen molar-refractivity contribution in [1.29, 1.82) is 0 Å². The third-order valence-electron chi connectivity index (χ3n) is 3.85. The van der Waals surface area contributed by atoms with Crippen molar-refractivity contribution in [2.75, 3.05) is 17.7 Å². The average Bonchev–Trinajstić information content (AvgIpc) is 2.67. The number of nitrogens with one attached hydrogen (secondary N) is 2. The van der Waals surface area contributed by atoms with Crippen LogP contribution < -0.4 is 10.6 Å². The van der Waals surface area contributed by atoms with Crippen LogP contribution in [0.3, 0.4) is 0 Å². The Morgan fingerprint density at radius 1 is 1.12 bits per heavy atom. The Morgan fingerprint density at radius 3 is 2.69 bits per heavy atom. The Balaban J connectivity index is 1.74. The molecule has 1 aromatic heterocycles. The number of nitrogens with zero attached hydrogens (tertiary/aromatic N) is 3. The van der Waals surface area contributed by atoms with Crippen LogP contribution in [-0.2, 0) is 11.3 Å². The van der Waals surface area contributed by atoms with E-state index in [9.17, 15) is 4.79 Å². The van der Waals surface area contributed by atoms with Crippen LogP contribution in [0.15, 0.2) is 54.7 Å². The number of rotatable bonds is 6. The molecule has 2 aromatic carbocycles. The highest BCUT2D eigenvalue weighted by atomic mass is 16.5. The van der Waals surface area contributed by atoms with E-state index in [1.54, 1.807) is 18.2 Å². The first-order valence-corrected chi connectivity index (χ1v) is 8.10. The van der Waals surface area contributed by atoms with Crippen LogP contribution in [-0.4, -0.2) is 28.3 Å². The van der Waals surface area contributed by atoms with Crippen molar-refractivity contribution >= 4 is 23.4 Å². The van der Waals surface area contributed by atoms with Crippen molar-refractivity contribution in [3.05, 3.63) is 71.4 Å². The smallest absolute Gasteiger partial charge is 0.339 e. The number of hydrogen-bond donors (Lipinski definition) is 2. The van der Waals surface area contributed by atoms with Crippen LogP contribution in [0.1, 0.15) is 21.5 Å². The molecule has 0 spiro atoms. The Kier molecular flexibility index (Phi) is 5.38. The summed E-state index contributed by atoms with van der Waals surface area (Å²) < 4.78 is 4.80. The minimum absolute atomic E-state index is 0.397. The van der Waals surface area contributed by atoms with Gasteiger partial charge in [0.05, 0.1) is 24.6 Å². The molecule has 0 atom stereocenters. The Hall–Kier alpha value is -3.48. The lowest BCUT2D eigenvalue weighted by Crippen LogP contribution is -2.09. The van der Waals surface area contributed by atoms with E-state index in [0.717, 1.165) is 5.56 Å². The van der Waals surface area contributed by atoms with E-state index in [2.05, 4.69) is 38.8 Å². The fourth-order valence-corrected chi connectivity index (χ4v) is 2.44. The van der Waals surface area contributed by atoms with E-state index >= 15 is 0 Å². The fourth-order valence-electron chi connectivity index (χ4n) is 2.44. The van der Waals surface area contributed by atoms with Gasteiger partial charge in [0.15, 0.2) is 5.82 Å². The number of carbonyl (C=O) groups is 1. The van der Waals surface area contributed by atoms with Crippen LogP contribution in [0.2, 0.25) is 0 Å². The van der Waals surface area contributed by atoms with Gasteiger partial charge in [0.25, 0.3) is 0 Å². The van der Waals surface area contributed by atoms with Crippen molar-refractivity contribution in [3.63, 3.8) is 0 Å². The Morgan fingerprint density at radius 2 is 1.88 bits per heavy atom. The molecule has 0 fully saturated rings. The van der Waals surface area contributed by atoms with Gasteiger partial charge in [-0.3, -0.25) is 0 Å². The molecule has 7 heteroatoms. The molecule has 0 bridgehead atoms. The maximum atomic E-state index is 11.9. The summed E-state index contributed by atoms with van der Waals surface area (Å²) in [5.41, 5.74) is 3.35. The first-order chi connectivity index (χ1) is 12.7. The summed E-state index contributed by atoms with van der Waals surface area (Å²) >= 11 is 0. The number of benzene rings is 2. The predicted molar refractivity (Wildman–Crippen MR) is 99.4 cm³/mol. The monoisotopic (exact) mass is 349 g/mol. The number of aryl methyl sites for hydroxylation is 1. The maximum absolute atomic E-state index is 11.9. The maximum Gasteiger partial charge on any atom is 0.339 e. The normalized spacial score (nSPS) is 10.2. The molecule has 3 rings (SSSR count). The van der Waals surface area contributed by atoms with Crippen LogP contribution in [0.25, 0.3) is 0 Å². The predicted octanol–water partition coefficient (Wildman–Crippen LogP) is 3.32. The second kappa shape index (κ2) is 8.06. The quantitative estimate of drug-likeness (QED) is 0.660. The summed E-state index contributed by atoms with van der Waals surface area (Å²) in [4.78, 5) is 16.3. The van der Waals surface area contributed by atoms with Gasteiger partial charge in [0.2, 0.25) is 5.95 Å². The summed E-state index contributed by atoms with van der Waals surface area (Å²) in [5.74, 6) is 0.449. The summed E-state index contributed by atoms with van der Waals surface area (Å²) in [6.07, 6.45) is 1.49. The van der Waals surface area contributed by atoms with Crippen molar-refractivity contribution in [3.8, 4) is 0 Å². The number of para-hydroxylation sites is 1. The van der Waals surface area contributed by atoms with Crippen molar-refractivity contribution < 1.29 is 9.53 Å². The molecule has 2 N–H and O–H groups in total. The summed E-state index contributed by atoms with van der Waals surface area (Å²) in [6.45, 7) is 2.65. The Bertz CT molecular complexity index is 914. The molecule has 0 aliphatic carbocycles. The molecular weight excluding hydrogens is 330 g/mol. The molecule has 26 heavy (non-hydrogen) atoms. The molecular formula is C19H19N5O2. The zero-order chi connectivity index (χ0) is 18.4. The lowest BCUT2D eigenvalue weighted by Gasteiger charge is -2.11. The summed E-state index contributed by atoms with van der Waals surface area (Å²) in [6, 6.07) is 15.1. The SMILES string of the molecule is COC(=O)c1ccccc1Nc1cnnc(NCc2ccccc2C)n1. The second-order valence-corrected chi connectivity index (χ2v) is 5.61. The number of hydrogen-bond acceptors (Lipinski definition) is 7. The fraction of sp³-hybridized carbons (Fsp3) is 0.158. The van der Waals surface area contributed by atoms with E-state index in [1.165, 1.54) is 18.9 Å². The van der Waals surface area contributed by atoms with Gasteiger partial charge in [0, 0.05) is 6.54 Å². The third-order valence-corrected chi connectivity index (χ3v) is 3.85. The highest BCUT2D eigenvalue weighted by molar-refractivity contribution is 5.96. The van der Waals surface area contributed by atoms with Crippen molar-refractivity contribution in [2.24, 2.45) is 0 Å². The lowest BCUT2D eigenvalue weighted by molar-refractivity contribution is 0.0602. The van der Waals surface area contributed by atoms with Crippen LogP contribution in [0.4, 0.5) is 17.5 Å². The first kappa shape index (κ1) is 17.3. The van der Waals surface area contributed by atoms with Gasteiger partial charge in [-0.1, -0.05) is 36.4 Å². The molecule has 0 aliphatic rings. The number of methoxy groups -OCH3 is 1. The van der Waals surface area contributed by atoms with E-state index in [1.807, 2.05) is 24.3 Å². The minimum atomic E-state index is -0.423. The minimum Gasteiger partial charge on any atom is -0.465 e. The third kappa shape index (κ3) is 4.13. The Labute approximate surface area is 151 Å². The zero-order valence-corrected chi connectivity index (χ0v) is 14.6. The van der Waals surface area contributed by atoms with Gasteiger partial charge in [-0.05, 0) is 30.2 Å². The highest BCUT2D eigenvalue weighted by Crippen LogP contribution is 2.20. The van der Waals surface area contributed by atoms with Gasteiger partial charge in [-0.25, -0.2) is 4.79 Å². The molecule has 0 unspecified atom stereocenters.